The quantitative estimate of drug-likeness (QED) is 0.646. The molecule has 3 nitrogen and oxygen atoms in total. The first-order chi connectivity index (χ1) is 9.50. The number of hydrogen-bond donors (Lipinski definition) is 1. The largest absolute Gasteiger partial charge is 0.358 e. The van der Waals surface area contributed by atoms with Crippen molar-refractivity contribution in [2.45, 2.75) is 10.2 Å². The van der Waals surface area contributed by atoms with Crippen LogP contribution >= 0.6 is 34.8 Å². The van der Waals surface area contributed by atoms with E-state index < -0.39 is 3.79 Å². The maximum absolute atomic E-state index is 5.78. The SMILES string of the molecule is C=CCC(=Cc1ccccc1)N1NC=C(C(Cl)(Cl)Cl)O1. The van der Waals surface area contributed by atoms with E-state index in [0.717, 1.165) is 11.3 Å². The predicted octanol–water partition coefficient (Wildman–Crippen LogP) is 4.57. The van der Waals surface area contributed by atoms with Crippen LogP contribution in [0.4, 0.5) is 0 Å². The summed E-state index contributed by atoms with van der Waals surface area (Å²) in [5, 5.41) is 1.45. The molecule has 20 heavy (non-hydrogen) atoms. The van der Waals surface area contributed by atoms with Crippen molar-refractivity contribution in [1.29, 1.82) is 0 Å². The third-order valence-electron chi connectivity index (χ3n) is 2.53. The molecule has 1 aliphatic rings. The second-order valence-corrected chi connectivity index (χ2v) is 6.34. The Balaban J connectivity index is 2.16. The molecule has 1 aliphatic heterocycles. The van der Waals surface area contributed by atoms with Crippen LogP contribution in [0.5, 0.6) is 0 Å². The van der Waals surface area contributed by atoms with E-state index in [2.05, 4.69) is 12.0 Å². The number of allylic oxidation sites excluding steroid dienone is 2. The number of hydrogen-bond acceptors (Lipinski definition) is 3. The normalized spacial score (nSPS) is 15.4. The van der Waals surface area contributed by atoms with Crippen LogP contribution < -0.4 is 5.43 Å². The number of nitrogens with one attached hydrogen (secondary N) is 1. The average molecular weight is 332 g/mol. The number of hydrazine groups is 1. The second-order valence-electron chi connectivity index (χ2n) is 4.06. The number of alkyl halides is 3. The zero-order valence-corrected chi connectivity index (χ0v) is 12.8. The number of hydroxylamine groups is 1. The molecule has 0 unspecified atom stereocenters. The molecule has 0 radical (unpaired) electrons. The lowest BCUT2D eigenvalue weighted by molar-refractivity contribution is -0.0947. The van der Waals surface area contributed by atoms with Gasteiger partial charge >= 0.3 is 0 Å². The third-order valence-corrected chi connectivity index (χ3v) is 3.09. The highest BCUT2D eigenvalue weighted by molar-refractivity contribution is 6.69. The molecule has 1 heterocycles. The zero-order valence-electron chi connectivity index (χ0n) is 10.5. The standard InChI is InChI=1S/C14H13Cl3N2O/c1-2-6-12(9-11-7-4-3-5-8-11)19-18-10-13(20-19)14(15,16)17/h2-5,7-10,18H,1,6H2. The summed E-state index contributed by atoms with van der Waals surface area (Å²) in [7, 11) is 0. The number of halogens is 3. The number of rotatable bonds is 4. The van der Waals surface area contributed by atoms with E-state index in [0.29, 0.717) is 6.42 Å². The zero-order chi connectivity index (χ0) is 14.6. The molecule has 0 fully saturated rings. The van der Waals surface area contributed by atoms with Crippen LogP contribution in [0, 0.1) is 0 Å². The first-order valence-corrected chi connectivity index (χ1v) is 7.02. The highest BCUT2D eigenvalue weighted by Crippen LogP contribution is 2.37. The van der Waals surface area contributed by atoms with Crippen molar-refractivity contribution in [3.05, 3.63) is 66.2 Å². The minimum Gasteiger partial charge on any atom is -0.358 e. The Morgan fingerprint density at radius 2 is 2.00 bits per heavy atom. The Morgan fingerprint density at radius 3 is 2.55 bits per heavy atom. The molecular weight excluding hydrogens is 319 g/mol. The van der Waals surface area contributed by atoms with Crippen LogP contribution in [0.1, 0.15) is 12.0 Å². The molecule has 1 N–H and O–H groups in total. The topological polar surface area (TPSA) is 24.5 Å². The van der Waals surface area contributed by atoms with Crippen molar-refractivity contribution in [1.82, 2.24) is 10.6 Å². The summed E-state index contributed by atoms with van der Waals surface area (Å²) >= 11 is 17.3. The van der Waals surface area contributed by atoms with Crippen LogP contribution in [0.15, 0.2) is 60.6 Å². The van der Waals surface area contributed by atoms with Gasteiger partial charge < -0.3 is 4.84 Å². The fraction of sp³-hybridized carbons (Fsp3) is 0.143. The van der Waals surface area contributed by atoms with Gasteiger partial charge in [0, 0.05) is 6.42 Å². The third kappa shape index (κ3) is 3.85. The molecule has 106 valence electrons. The van der Waals surface area contributed by atoms with Gasteiger partial charge in [-0.05, 0) is 11.6 Å². The molecule has 0 amide bonds. The maximum Gasteiger partial charge on any atom is 0.252 e. The summed E-state index contributed by atoms with van der Waals surface area (Å²) in [5.74, 6) is 0.213. The highest BCUT2D eigenvalue weighted by Gasteiger charge is 2.34. The fourth-order valence-electron chi connectivity index (χ4n) is 1.63. The molecule has 0 saturated carbocycles. The Hall–Kier alpha value is -1.29. The van der Waals surface area contributed by atoms with Crippen molar-refractivity contribution in [3.8, 4) is 0 Å². The van der Waals surface area contributed by atoms with E-state index in [1.54, 1.807) is 6.08 Å². The van der Waals surface area contributed by atoms with Crippen LogP contribution in [-0.4, -0.2) is 8.96 Å². The van der Waals surface area contributed by atoms with Crippen molar-refractivity contribution in [2.75, 3.05) is 0 Å². The molecule has 0 saturated heterocycles. The van der Waals surface area contributed by atoms with Gasteiger partial charge in [-0.1, -0.05) is 71.2 Å². The molecule has 6 heteroatoms. The minimum absolute atomic E-state index is 0.213. The first kappa shape index (κ1) is 15.1. The van der Waals surface area contributed by atoms with E-state index in [1.165, 1.54) is 11.4 Å². The smallest absolute Gasteiger partial charge is 0.252 e. The van der Waals surface area contributed by atoms with E-state index in [9.17, 15) is 0 Å². The molecule has 0 aliphatic carbocycles. The van der Waals surface area contributed by atoms with Gasteiger partial charge in [-0.2, -0.15) is 0 Å². The van der Waals surface area contributed by atoms with E-state index in [4.69, 9.17) is 39.6 Å². The van der Waals surface area contributed by atoms with Crippen LogP contribution in [0.25, 0.3) is 6.08 Å². The molecule has 0 bridgehead atoms. The van der Waals surface area contributed by atoms with Crippen molar-refractivity contribution >= 4 is 40.9 Å². The maximum atomic E-state index is 5.78. The van der Waals surface area contributed by atoms with Gasteiger partial charge in [-0.15, -0.1) is 11.8 Å². The highest BCUT2D eigenvalue weighted by atomic mass is 35.6. The van der Waals surface area contributed by atoms with E-state index in [1.807, 2.05) is 36.4 Å². The Labute approximate surface area is 133 Å². The summed E-state index contributed by atoms with van der Waals surface area (Å²) in [6, 6.07) is 9.85. The second kappa shape index (κ2) is 6.44. The monoisotopic (exact) mass is 330 g/mol. The molecule has 0 spiro atoms. The summed E-state index contributed by atoms with van der Waals surface area (Å²) in [4.78, 5) is 5.48. The number of benzene rings is 1. The first-order valence-electron chi connectivity index (χ1n) is 5.89. The van der Waals surface area contributed by atoms with Crippen LogP contribution in [0.2, 0.25) is 0 Å². The molecule has 0 atom stereocenters. The van der Waals surface area contributed by atoms with Gasteiger partial charge in [0.15, 0.2) is 0 Å². The van der Waals surface area contributed by atoms with Gasteiger partial charge in [-0.25, -0.2) is 0 Å². The molecule has 1 aromatic rings. The van der Waals surface area contributed by atoms with E-state index in [-0.39, 0.29) is 5.76 Å². The van der Waals surface area contributed by atoms with Gasteiger partial charge in [0.05, 0.1) is 11.9 Å². The molecule has 2 rings (SSSR count). The van der Waals surface area contributed by atoms with Gasteiger partial charge in [0.25, 0.3) is 3.79 Å². The summed E-state index contributed by atoms with van der Waals surface area (Å²) in [5.41, 5.74) is 4.78. The minimum atomic E-state index is -1.60. The lowest BCUT2D eigenvalue weighted by atomic mass is 10.1. The lowest BCUT2D eigenvalue weighted by Crippen LogP contribution is -2.28. The summed E-state index contributed by atoms with van der Waals surface area (Å²) in [6.45, 7) is 3.74. The van der Waals surface area contributed by atoms with Crippen molar-refractivity contribution in [2.24, 2.45) is 0 Å². The molecule has 0 aromatic heterocycles. The summed E-state index contributed by atoms with van der Waals surface area (Å²) < 4.78 is -1.60. The van der Waals surface area contributed by atoms with Crippen molar-refractivity contribution in [3.63, 3.8) is 0 Å². The summed E-state index contributed by atoms with van der Waals surface area (Å²) in [6.07, 6.45) is 5.84. The fourth-order valence-corrected chi connectivity index (χ4v) is 1.90. The van der Waals surface area contributed by atoms with Gasteiger partial charge in [0.1, 0.15) is 0 Å². The molecule has 1 aromatic carbocycles. The predicted molar refractivity (Wildman–Crippen MR) is 83.7 cm³/mol. The number of nitrogens with zero attached hydrogens (tertiary/aromatic N) is 1. The van der Waals surface area contributed by atoms with Gasteiger partial charge in [-0.3, -0.25) is 5.43 Å². The van der Waals surface area contributed by atoms with E-state index >= 15 is 0 Å². The Kier molecular flexibility index (Phi) is 4.86. The van der Waals surface area contributed by atoms with Crippen molar-refractivity contribution < 1.29 is 4.84 Å². The van der Waals surface area contributed by atoms with Crippen LogP contribution in [0.3, 0.4) is 0 Å². The average Bonchev–Trinajstić information content (AvgIpc) is 2.89. The Morgan fingerprint density at radius 1 is 1.30 bits per heavy atom. The lowest BCUT2D eigenvalue weighted by Gasteiger charge is -2.22. The Bertz CT molecular complexity index is 535. The van der Waals surface area contributed by atoms with Crippen LogP contribution in [-0.2, 0) is 4.84 Å². The molecular formula is C14H13Cl3N2O. The van der Waals surface area contributed by atoms with Gasteiger partial charge in [0.2, 0.25) is 5.76 Å².